The summed E-state index contributed by atoms with van der Waals surface area (Å²) in [7, 11) is 0. The van der Waals surface area contributed by atoms with E-state index in [0.29, 0.717) is 17.8 Å². The molecule has 0 spiro atoms. The van der Waals surface area contributed by atoms with Crippen LogP contribution in [0, 0.1) is 12.7 Å². The molecule has 0 aliphatic rings. The number of hydrogen-bond acceptors (Lipinski definition) is 2. The first-order valence-electron chi connectivity index (χ1n) is 4.69. The SMILES string of the molecule is Cc1ccnn1Cc1ccc(N)cc1F. The van der Waals surface area contributed by atoms with E-state index in [1.807, 2.05) is 13.0 Å². The molecule has 2 rings (SSSR count). The summed E-state index contributed by atoms with van der Waals surface area (Å²) in [6.45, 7) is 2.37. The second-order valence-electron chi connectivity index (χ2n) is 3.48. The first-order valence-corrected chi connectivity index (χ1v) is 4.69. The van der Waals surface area contributed by atoms with Crippen molar-refractivity contribution in [3.05, 3.63) is 47.5 Å². The van der Waals surface area contributed by atoms with Crippen LogP contribution >= 0.6 is 0 Å². The Bertz CT molecular complexity index is 476. The van der Waals surface area contributed by atoms with E-state index in [1.165, 1.54) is 6.07 Å². The lowest BCUT2D eigenvalue weighted by Crippen LogP contribution is -2.05. The lowest BCUT2D eigenvalue weighted by Gasteiger charge is -2.06. The minimum Gasteiger partial charge on any atom is -0.399 e. The summed E-state index contributed by atoms with van der Waals surface area (Å²) in [4.78, 5) is 0. The minimum atomic E-state index is -0.287. The van der Waals surface area contributed by atoms with Gasteiger partial charge in [-0.1, -0.05) is 6.07 Å². The van der Waals surface area contributed by atoms with Gasteiger partial charge in [-0.3, -0.25) is 4.68 Å². The van der Waals surface area contributed by atoms with Crippen molar-refractivity contribution in [1.29, 1.82) is 0 Å². The van der Waals surface area contributed by atoms with Crippen molar-refractivity contribution >= 4 is 5.69 Å². The Morgan fingerprint density at radius 1 is 1.40 bits per heavy atom. The van der Waals surface area contributed by atoms with Crippen molar-refractivity contribution in [3.8, 4) is 0 Å². The highest BCUT2D eigenvalue weighted by atomic mass is 19.1. The number of nitrogen functional groups attached to an aromatic ring is 1. The molecule has 2 N–H and O–H groups in total. The molecular weight excluding hydrogens is 193 g/mol. The van der Waals surface area contributed by atoms with Crippen LogP contribution < -0.4 is 5.73 Å². The highest BCUT2D eigenvalue weighted by molar-refractivity contribution is 5.40. The summed E-state index contributed by atoms with van der Waals surface area (Å²) < 4.78 is 15.2. The summed E-state index contributed by atoms with van der Waals surface area (Å²) >= 11 is 0. The van der Waals surface area contributed by atoms with Gasteiger partial charge in [-0.2, -0.15) is 5.10 Å². The number of benzene rings is 1. The van der Waals surface area contributed by atoms with Crippen LogP contribution in [0.3, 0.4) is 0 Å². The van der Waals surface area contributed by atoms with Crippen LogP contribution in [0.1, 0.15) is 11.3 Å². The van der Waals surface area contributed by atoms with E-state index < -0.39 is 0 Å². The Balaban J connectivity index is 2.29. The maximum Gasteiger partial charge on any atom is 0.130 e. The Kier molecular flexibility index (Phi) is 2.41. The molecule has 0 fully saturated rings. The fourth-order valence-corrected chi connectivity index (χ4v) is 1.42. The summed E-state index contributed by atoms with van der Waals surface area (Å²) in [6.07, 6.45) is 1.70. The van der Waals surface area contributed by atoms with E-state index in [-0.39, 0.29) is 5.82 Å². The van der Waals surface area contributed by atoms with Gasteiger partial charge in [-0.05, 0) is 25.1 Å². The van der Waals surface area contributed by atoms with E-state index >= 15 is 0 Å². The normalized spacial score (nSPS) is 10.5. The molecule has 1 heterocycles. The Labute approximate surface area is 87.3 Å². The average molecular weight is 205 g/mol. The van der Waals surface area contributed by atoms with E-state index in [9.17, 15) is 4.39 Å². The van der Waals surface area contributed by atoms with E-state index in [1.54, 1.807) is 23.0 Å². The first kappa shape index (κ1) is 9.71. The third kappa shape index (κ3) is 1.98. The molecule has 15 heavy (non-hydrogen) atoms. The Morgan fingerprint density at radius 3 is 2.80 bits per heavy atom. The zero-order valence-corrected chi connectivity index (χ0v) is 8.44. The first-order chi connectivity index (χ1) is 7.16. The van der Waals surface area contributed by atoms with Crippen molar-refractivity contribution in [3.63, 3.8) is 0 Å². The van der Waals surface area contributed by atoms with Crippen molar-refractivity contribution in [2.75, 3.05) is 5.73 Å². The van der Waals surface area contributed by atoms with Crippen LogP contribution in [0.5, 0.6) is 0 Å². The van der Waals surface area contributed by atoms with Crippen molar-refractivity contribution in [1.82, 2.24) is 9.78 Å². The second-order valence-corrected chi connectivity index (χ2v) is 3.48. The van der Waals surface area contributed by atoms with Gasteiger partial charge in [0.15, 0.2) is 0 Å². The fourth-order valence-electron chi connectivity index (χ4n) is 1.42. The van der Waals surface area contributed by atoms with Gasteiger partial charge in [0.2, 0.25) is 0 Å². The molecule has 3 nitrogen and oxygen atoms in total. The molecular formula is C11H12FN3. The quantitative estimate of drug-likeness (QED) is 0.761. The average Bonchev–Trinajstić information content (AvgIpc) is 2.57. The summed E-state index contributed by atoms with van der Waals surface area (Å²) in [6, 6.07) is 6.59. The molecule has 0 aliphatic carbocycles. The highest BCUT2D eigenvalue weighted by Crippen LogP contribution is 2.13. The summed E-state index contributed by atoms with van der Waals surface area (Å²) in [5.74, 6) is -0.287. The number of rotatable bonds is 2. The van der Waals surface area contributed by atoms with Gasteiger partial charge in [0.1, 0.15) is 5.82 Å². The van der Waals surface area contributed by atoms with Gasteiger partial charge in [0.25, 0.3) is 0 Å². The van der Waals surface area contributed by atoms with Crippen LogP contribution in [0.15, 0.2) is 30.5 Å². The van der Waals surface area contributed by atoms with E-state index in [0.717, 1.165) is 5.69 Å². The van der Waals surface area contributed by atoms with Gasteiger partial charge < -0.3 is 5.73 Å². The predicted molar refractivity (Wildman–Crippen MR) is 56.9 cm³/mol. The molecule has 0 saturated heterocycles. The standard InChI is InChI=1S/C11H12FN3/c1-8-4-5-14-15(8)7-9-2-3-10(13)6-11(9)12/h2-6H,7,13H2,1H3. The van der Waals surface area contributed by atoms with Crippen molar-refractivity contribution < 1.29 is 4.39 Å². The van der Waals surface area contributed by atoms with Crippen LogP contribution in [-0.2, 0) is 6.54 Å². The van der Waals surface area contributed by atoms with Crippen LogP contribution in [0.4, 0.5) is 10.1 Å². The molecule has 1 aromatic heterocycles. The molecule has 0 bridgehead atoms. The largest absolute Gasteiger partial charge is 0.399 e. The summed E-state index contributed by atoms with van der Waals surface area (Å²) in [5, 5.41) is 4.09. The number of anilines is 1. The maximum absolute atomic E-state index is 13.5. The molecule has 0 saturated carbocycles. The molecule has 78 valence electrons. The molecule has 0 unspecified atom stereocenters. The summed E-state index contributed by atoms with van der Waals surface area (Å²) in [5.41, 5.74) is 7.51. The minimum absolute atomic E-state index is 0.287. The second kappa shape index (κ2) is 3.73. The van der Waals surface area contributed by atoms with Gasteiger partial charge in [0, 0.05) is 23.1 Å². The monoisotopic (exact) mass is 205 g/mol. The van der Waals surface area contributed by atoms with E-state index in [4.69, 9.17) is 5.73 Å². The van der Waals surface area contributed by atoms with Crippen molar-refractivity contribution in [2.45, 2.75) is 13.5 Å². The third-order valence-electron chi connectivity index (χ3n) is 2.33. The zero-order valence-electron chi connectivity index (χ0n) is 8.44. The molecule has 0 amide bonds. The Morgan fingerprint density at radius 2 is 2.20 bits per heavy atom. The third-order valence-corrected chi connectivity index (χ3v) is 2.33. The van der Waals surface area contributed by atoms with Crippen LogP contribution in [0.25, 0.3) is 0 Å². The number of aromatic nitrogens is 2. The molecule has 0 radical (unpaired) electrons. The fraction of sp³-hybridized carbons (Fsp3) is 0.182. The molecule has 0 atom stereocenters. The maximum atomic E-state index is 13.5. The molecule has 0 aliphatic heterocycles. The number of halogens is 1. The van der Waals surface area contributed by atoms with Gasteiger partial charge in [0.05, 0.1) is 6.54 Å². The van der Waals surface area contributed by atoms with E-state index in [2.05, 4.69) is 5.10 Å². The number of aryl methyl sites for hydroxylation is 1. The van der Waals surface area contributed by atoms with Gasteiger partial charge >= 0.3 is 0 Å². The predicted octanol–water partition coefficient (Wildman–Crippen LogP) is 1.96. The zero-order chi connectivity index (χ0) is 10.8. The Hall–Kier alpha value is -1.84. The smallest absolute Gasteiger partial charge is 0.130 e. The lowest BCUT2D eigenvalue weighted by molar-refractivity contribution is 0.581. The highest BCUT2D eigenvalue weighted by Gasteiger charge is 2.04. The number of nitrogens with two attached hydrogens (primary N) is 1. The van der Waals surface area contributed by atoms with Crippen LogP contribution in [-0.4, -0.2) is 9.78 Å². The van der Waals surface area contributed by atoms with Crippen molar-refractivity contribution in [2.24, 2.45) is 0 Å². The molecule has 1 aromatic carbocycles. The van der Waals surface area contributed by atoms with Gasteiger partial charge in [-0.15, -0.1) is 0 Å². The van der Waals surface area contributed by atoms with Gasteiger partial charge in [-0.25, -0.2) is 4.39 Å². The molecule has 2 aromatic rings. The lowest BCUT2D eigenvalue weighted by atomic mass is 10.2. The topological polar surface area (TPSA) is 43.8 Å². The molecule has 4 heteroatoms. The number of hydrogen-bond donors (Lipinski definition) is 1. The number of nitrogens with zero attached hydrogens (tertiary/aromatic N) is 2. The van der Waals surface area contributed by atoms with Crippen LogP contribution in [0.2, 0.25) is 0 Å².